The number of ether oxygens (including phenoxy) is 1. The Morgan fingerprint density at radius 3 is 2.72 bits per heavy atom. The largest absolute Gasteiger partial charge is 0.496 e. The third-order valence-electron chi connectivity index (χ3n) is 3.63. The third-order valence-corrected chi connectivity index (χ3v) is 3.63. The maximum Gasteiger partial charge on any atom is 0.255 e. The van der Waals surface area contributed by atoms with Crippen LogP contribution in [0.3, 0.4) is 0 Å². The monoisotopic (exact) mass is 341 g/mol. The highest BCUT2D eigenvalue weighted by molar-refractivity contribution is 6.04. The van der Waals surface area contributed by atoms with E-state index in [0.29, 0.717) is 28.5 Å². The zero-order valence-corrected chi connectivity index (χ0v) is 13.5. The Balaban J connectivity index is 1.90. The zero-order chi connectivity index (χ0) is 17.8. The second kappa shape index (κ2) is 7.19. The minimum Gasteiger partial charge on any atom is -0.496 e. The summed E-state index contributed by atoms with van der Waals surface area (Å²) < 4.78 is 24.1. The fourth-order valence-electron chi connectivity index (χ4n) is 2.42. The van der Waals surface area contributed by atoms with Crippen molar-refractivity contribution in [3.05, 3.63) is 71.7 Å². The van der Waals surface area contributed by atoms with Crippen LogP contribution in [-0.4, -0.2) is 18.1 Å². The summed E-state index contributed by atoms with van der Waals surface area (Å²) in [6, 6.07) is 13.9. The SMILES string of the molecule is COc1ccc(NC(=O)c2cccc(F)c2)cc1-c1ccc(CO)o1. The maximum atomic E-state index is 13.3. The van der Waals surface area contributed by atoms with Crippen LogP contribution in [0.2, 0.25) is 0 Å². The second-order valence-electron chi connectivity index (χ2n) is 5.30. The molecule has 0 unspecified atom stereocenters. The highest BCUT2D eigenvalue weighted by Crippen LogP contribution is 2.34. The van der Waals surface area contributed by atoms with E-state index in [9.17, 15) is 9.18 Å². The lowest BCUT2D eigenvalue weighted by Crippen LogP contribution is -2.12. The molecule has 0 spiro atoms. The Morgan fingerprint density at radius 2 is 2.04 bits per heavy atom. The van der Waals surface area contributed by atoms with Gasteiger partial charge < -0.3 is 19.6 Å². The van der Waals surface area contributed by atoms with E-state index in [1.807, 2.05) is 0 Å². The number of rotatable bonds is 5. The summed E-state index contributed by atoms with van der Waals surface area (Å²) in [5.74, 6) is 0.581. The molecule has 0 aliphatic rings. The Kier molecular flexibility index (Phi) is 4.81. The van der Waals surface area contributed by atoms with Crippen LogP contribution in [-0.2, 0) is 6.61 Å². The second-order valence-corrected chi connectivity index (χ2v) is 5.30. The molecule has 6 heteroatoms. The van der Waals surface area contributed by atoms with Gasteiger partial charge in [-0.05, 0) is 48.5 Å². The van der Waals surface area contributed by atoms with Crippen molar-refractivity contribution in [1.82, 2.24) is 0 Å². The van der Waals surface area contributed by atoms with Crippen LogP contribution in [0, 0.1) is 5.82 Å². The molecule has 1 amide bonds. The van der Waals surface area contributed by atoms with E-state index < -0.39 is 11.7 Å². The molecule has 1 heterocycles. The van der Waals surface area contributed by atoms with E-state index in [1.165, 1.54) is 31.4 Å². The average Bonchev–Trinajstić information content (AvgIpc) is 3.10. The quantitative estimate of drug-likeness (QED) is 0.740. The number of aliphatic hydroxyl groups is 1. The lowest BCUT2D eigenvalue weighted by Gasteiger charge is -2.10. The van der Waals surface area contributed by atoms with Crippen LogP contribution < -0.4 is 10.1 Å². The van der Waals surface area contributed by atoms with Gasteiger partial charge in [0, 0.05) is 11.3 Å². The molecular formula is C19H16FNO4. The summed E-state index contributed by atoms with van der Waals surface area (Å²) >= 11 is 0. The maximum absolute atomic E-state index is 13.3. The lowest BCUT2D eigenvalue weighted by atomic mass is 10.1. The topological polar surface area (TPSA) is 71.7 Å². The van der Waals surface area contributed by atoms with Gasteiger partial charge in [-0.15, -0.1) is 0 Å². The molecule has 5 nitrogen and oxygen atoms in total. The number of hydrogen-bond acceptors (Lipinski definition) is 4. The molecule has 3 rings (SSSR count). The molecule has 1 aromatic heterocycles. The fraction of sp³-hybridized carbons (Fsp3) is 0.105. The van der Waals surface area contributed by atoms with Crippen molar-refractivity contribution < 1.29 is 23.4 Å². The van der Waals surface area contributed by atoms with Gasteiger partial charge in [-0.25, -0.2) is 4.39 Å². The first kappa shape index (κ1) is 16.7. The predicted octanol–water partition coefficient (Wildman–Crippen LogP) is 3.84. The van der Waals surface area contributed by atoms with Crippen molar-refractivity contribution >= 4 is 11.6 Å². The number of benzene rings is 2. The van der Waals surface area contributed by atoms with Crippen LogP contribution in [0.5, 0.6) is 5.75 Å². The van der Waals surface area contributed by atoms with Gasteiger partial charge >= 0.3 is 0 Å². The fourth-order valence-corrected chi connectivity index (χ4v) is 2.42. The third kappa shape index (κ3) is 3.70. The molecule has 128 valence electrons. The van der Waals surface area contributed by atoms with Crippen LogP contribution in [0.25, 0.3) is 11.3 Å². The average molecular weight is 341 g/mol. The summed E-state index contributed by atoms with van der Waals surface area (Å²) in [6.07, 6.45) is 0. The number of nitrogens with one attached hydrogen (secondary N) is 1. The van der Waals surface area contributed by atoms with E-state index in [4.69, 9.17) is 14.3 Å². The Bertz CT molecular complexity index is 904. The molecular weight excluding hydrogens is 325 g/mol. The Labute approximate surface area is 143 Å². The van der Waals surface area contributed by atoms with Crippen molar-refractivity contribution in [2.45, 2.75) is 6.61 Å². The van der Waals surface area contributed by atoms with E-state index in [-0.39, 0.29) is 12.2 Å². The molecule has 0 aliphatic heterocycles. The summed E-state index contributed by atoms with van der Waals surface area (Å²) in [4.78, 5) is 12.3. The molecule has 0 saturated carbocycles. The number of hydrogen-bond donors (Lipinski definition) is 2. The van der Waals surface area contributed by atoms with E-state index >= 15 is 0 Å². The smallest absolute Gasteiger partial charge is 0.255 e. The number of halogens is 1. The normalized spacial score (nSPS) is 10.5. The summed E-state index contributed by atoms with van der Waals surface area (Å²) in [5, 5.41) is 11.8. The Morgan fingerprint density at radius 1 is 1.20 bits per heavy atom. The summed E-state index contributed by atoms with van der Waals surface area (Å²) in [7, 11) is 1.53. The molecule has 3 aromatic rings. The number of furan rings is 1. The molecule has 25 heavy (non-hydrogen) atoms. The van der Waals surface area contributed by atoms with Crippen molar-refractivity contribution in [2.75, 3.05) is 12.4 Å². The van der Waals surface area contributed by atoms with Crippen molar-refractivity contribution in [1.29, 1.82) is 0 Å². The summed E-state index contributed by atoms with van der Waals surface area (Å²) in [6.45, 7) is -0.210. The number of carbonyl (C=O) groups is 1. The molecule has 0 bridgehead atoms. The molecule has 0 atom stereocenters. The highest BCUT2D eigenvalue weighted by atomic mass is 19.1. The van der Waals surface area contributed by atoms with Crippen LogP contribution in [0.1, 0.15) is 16.1 Å². The van der Waals surface area contributed by atoms with Gasteiger partial charge in [0.2, 0.25) is 0 Å². The van der Waals surface area contributed by atoms with Crippen LogP contribution >= 0.6 is 0 Å². The van der Waals surface area contributed by atoms with E-state index in [1.54, 1.807) is 30.3 Å². The molecule has 0 radical (unpaired) electrons. The number of carbonyl (C=O) groups excluding carboxylic acids is 1. The minimum atomic E-state index is -0.477. The van der Waals surface area contributed by atoms with Gasteiger partial charge in [-0.2, -0.15) is 0 Å². The number of anilines is 1. The van der Waals surface area contributed by atoms with Crippen molar-refractivity contribution in [3.8, 4) is 17.1 Å². The van der Waals surface area contributed by atoms with Gasteiger partial charge in [0.25, 0.3) is 5.91 Å². The zero-order valence-electron chi connectivity index (χ0n) is 13.5. The number of methoxy groups -OCH3 is 1. The van der Waals surface area contributed by atoms with Gasteiger partial charge in [-0.3, -0.25) is 4.79 Å². The predicted molar refractivity (Wildman–Crippen MR) is 91.0 cm³/mol. The molecule has 0 saturated heterocycles. The van der Waals surface area contributed by atoms with Crippen molar-refractivity contribution in [2.24, 2.45) is 0 Å². The molecule has 2 N–H and O–H groups in total. The number of aliphatic hydroxyl groups excluding tert-OH is 1. The van der Waals surface area contributed by atoms with E-state index in [0.717, 1.165) is 0 Å². The first-order chi connectivity index (χ1) is 12.1. The van der Waals surface area contributed by atoms with Crippen LogP contribution in [0.4, 0.5) is 10.1 Å². The van der Waals surface area contributed by atoms with Gasteiger partial charge in [0.1, 0.15) is 29.7 Å². The highest BCUT2D eigenvalue weighted by Gasteiger charge is 2.13. The lowest BCUT2D eigenvalue weighted by molar-refractivity contribution is 0.102. The molecule has 0 aliphatic carbocycles. The molecule has 2 aromatic carbocycles. The first-order valence-electron chi connectivity index (χ1n) is 7.55. The Hall–Kier alpha value is -3.12. The number of amides is 1. The van der Waals surface area contributed by atoms with Crippen LogP contribution in [0.15, 0.2) is 59.0 Å². The van der Waals surface area contributed by atoms with Gasteiger partial charge in [0.05, 0.1) is 12.7 Å². The van der Waals surface area contributed by atoms with Crippen molar-refractivity contribution in [3.63, 3.8) is 0 Å². The standard InChI is InChI=1S/C19H16FNO4/c1-24-17-7-5-14(10-16(17)18-8-6-15(11-22)25-18)21-19(23)12-3-2-4-13(20)9-12/h2-10,22H,11H2,1H3,(H,21,23). The van der Waals surface area contributed by atoms with Gasteiger partial charge in [0.15, 0.2) is 0 Å². The van der Waals surface area contributed by atoms with E-state index in [2.05, 4.69) is 5.32 Å². The summed E-state index contributed by atoms with van der Waals surface area (Å²) in [5.41, 5.74) is 1.35. The first-order valence-corrected chi connectivity index (χ1v) is 7.55. The van der Waals surface area contributed by atoms with Gasteiger partial charge in [-0.1, -0.05) is 6.07 Å². The minimum absolute atomic E-state index is 0.210. The molecule has 0 fully saturated rings.